The van der Waals surface area contributed by atoms with Crippen molar-refractivity contribution in [2.24, 2.45) is 0 Å². The molecule has 0 aliphatic heterocycles. The average Bonchev–Trinajstić information content (AvgIpc) is 2.26. The molecule has 0 saturated carbocycles. The first-order chi connectivity index (χ1) is 7.48. The molecule has 0 aromatic heterocycles. The first-order valence-corrected chi connectivity index (χ1v) is 5.16. The predicted molar refractivity (Wildman–Crippen MR) is 62.0 cm³/mol. The molecule has 0 radical (unpaired) electrons. The van der Waals surface area contributed by atoms with E-state index in [1.165, 1.54) is 0 Å². The molecule has 0 aliphatic carbocycles. The van der Waals surface area contributed by atoms with Crippen LogP contribution in [0.15, 0.2) is 24.3 Å². The maximum Gasteiger partial charge on any atom is 0.327 e. The van der Waals surface area contributed by atoms with Crippen molar-refractivity contribution in [3.63, 3.8) is 0 Å². The molecule has 0 saturated heterocycles. The fourth-order valence-corrected chi connectivity index (χ4v) is 1.21. The molecular formula is C11H14ClNO3. The zero-order valence-corrected chi connectivity index (χ0v) is 9.91. The summed E-state index contributed by atoms with van der Waals surface area (Å²) in [6.45, 7) is 1.58. The molecule has 0 amide bonds. The number of ether oxygens (including phenoxy) is 1. The standard InChI is InChI=1S/C11H14ClNO3/c1-11(13-2,10(14)15)7-16-9-5-3-4-8(12)6-9/h3-6,13H,7H2,1-2H3,(H,14,15). The quantitative estimate of drug-likeness (QED) is 0.828. The van der Waals surface area contributed by atoms with Crippen molar-refractivity contribution >= 4 is 17.6 Å². The molecule has 0 fully saturated rings. The normalized spacial score (nSPS) is 14.2. The number of hydrogen-bond donors (Lipinski definition) is 2. The van der Waals surface area contributed by atoms with E-state index < -0.39 is 11.5 Å². The number of carboxylic acid groups (broad SMARTS) is 1. The SMILES string of the molecule is CNC(C)(COc1cccc(Cl)c1)C(=O)O. The van der Waals surface area contributed by atoms with E-state index in [0.717, 1.165) is 0 Å². The van der Waals surface area contributed by atoms with E-state index >= 15 is 0 Å². The minimum atomic E-state index is -1.11. The third kappa shape index (κ3) is 3.12. The number of halogens is 1. The highest BCUT2D eigenvalue weighted by atomic mass is 35.5. The van der Waals surface area contributed by atoms with Crippen molar-refractivity contribution in [2.45, 2.75) is 12.5 Å². The van der Waals surface area contributed by atoms with Crippen LogP contribution >= 0.6 is 11.6 Å². The van der Waals surface area contributed by atoms with Gasteiger partial charge in [-0.25, -0.2) is 0 Å². The third-order valence-electron chi connectivity index (χ3n) is 2.35. The van der Waals surface area contributed by atoms with Crippen molar-refractivity contribution in [2.75, 3.05) is 13.7 Å². The van der Waals surface area contributed by atoms with E-state index in [2.05, 4.69) is 5.32 Å². The van der Waals surface area contributed by atoms with Gasteiger partial charge in [0, 0.05) is 5.02 Å². The molecule has 1 rings (SSSR count). The monoisotopic (exact) mass is 243 g/mol. The summed E-state index contributed by atoms with van der Waals surface area (Å²) in [5, 5.41) is 12.3. The minimum absolute atomic E-state index is 0.0270. The van der Waals surface area contributed by atoms with Crippen LogP contribution in [0.1, 0.15) is 6.92 Å². The summed E-state index contributed by atoms with van der Waals surface area (Å²) in [5.74, 6) is -0.410. The molecule has 1 unspecified atom stereocenters. The van der Waals surface area contributed by atoms with Crippen LogP contribution in [-0.4, -0.2) is 30.3 Å². The van der Waals surface area contributed by atoms with Crippen LogP contribution in [0, 0.1) is 0 Å². The van der Waals surface area contributed by atoms with Crippen molar-refractivity contribution in [3.8, 4) is 5.75 Å². The number of rotatable bonds is 5. The number of carbonyl (C=O) groups is 1. The number of nitrogens with one attached hydrogen (secondary N) is 1. The van der Waals surface area contributed by atoms with Gasteiger partial charge in [0.05, 0.1) is 0 Å². The zero-order valence-electron chi connectivity index (χ0n) is 9.16. The van der Waals surface area contributed by atoms with E-state index in [9.17, 15) is 4.79 Å². The minimum Gasteiger partial charge on any atom is -0.491 e. The molecule has 0 aliphatic rings. The summed E-state index contributed by atoms with van der Waals surface area (Å²) >= 11 is 5.78. The van der Waals surface area contributed by atoms with E-state index in [0.29, 0.717) is 10.8 Å². The second-order valence-electron chi connectivity index (χ2n) is 3.63. The molecular weight excluding hydrogens is 230 g/mol. The highest BCUT2D eigenvalue weighted by Gasteiger charge is 2.32. The molecule has 88 valence electrons. The van der Waals surface area contributed by atoms with Gasteiger partial charge in [0.25, 0.3) is 0 Å². The topological polar surface area (TPSA) is 58.6 Å². The van der Waals surface area contributed by atoms with Gasteiger partial charge < -0.3 is 15.2 Å². The number of likely N-dealkylation sites (N-methyl/N-ethyl adjacent to an activating group) is 1. The van der Waals surface area contributed by atoms with E-state index in [1.54, 1.807) is 38.2 Å². The molecule has 0 bridgehead atoms. The van der Waals surface area contributed by atoms with E-state index in [4.69, 9.17) is 21.4 Å². The summed E-state index contributed by atoms with van der Waals surface area (Å²) in [6.07, 6.45) is 0. The summed E-state index contributed by atoms with van der Waals surface area (Å²) < 4.78 is 5.38. The second kappa shape index (κ2) is 5.18. The Bertz CT molecular complexity index is 383. The molecule has 0 spiro atoms. The molecule has 2 N–H and O–H groups in total. The lowest BCUT2D eigenvalue weighted by atomic mass is 10.1. The number of carboxylic acids is 1. The van der Waals surface area contributed by atoms with Gasteiger partial charge in [-0.3, -0.25) is 4.79 Å². The van der Waals surface area contributed by atoms with Gasteiger partial charge in [-0.1, -0.05) is 17.7 Å². The summed E-state index contributed by atoms with van der Waals surface area (Å²) in [4.78, 5) is 11.0. The molecule has 1 aromatic carbocycles. The maximum atomic E-state index is 11.0. The van der Waals surface area contributed by atoms with Gasteiger partial charge in [0.15, 0.2) is 0 Å². The van der Waals surface area contributed by atoms with Crippen molar-refractivity contribution in [1.82, 2.24) is 5.32 Å². The largest absolute Gasteiger partial charge is 0.491 e. The molecule has 0 heterocycles. The van der Waals surface area contributed by atoms with Crippen LogP contribution in [-0.2, 0) is 4.79 Å². The predicted octanol–water partition coefficient (Wildman–Crippen LogP) is 1.78. The van der Waals surface area contributed by atoms with Crippen molar-refractivity contribution in [3.05, 3.63) is 29.3 Å². The summed E-state index contributed by atoms with van der Waals surface area (Å²) in [6, 6.07) is 6.83. The van der Waals surface area contributed by atoms with Gasteiger partial charge in [-0.15, -0.1) is 0 Å². The number of benzene rings is 1. The Labute approximate surface area is 99.2 Å². The Kier molecular flexibility index (Phi) is 4.15. The Hall–Kier alpha value is -1.26. The average molecular weight is 244 g/mol. The van der Waals surface area contributed by atoms with Gasteiger partial charge in [0.2, 0.25) is 0 Å². The molecule has 4 nitrogen and oxygen atoms in total. The Balaban J connectivity index is 2.66. The Morgan fingerprint density at radius 2 is 2.31 bits per heavy atom. The molecule has 5 heteroatoms. The second-order valence-corrected chi connectivity index (χ2v) is 4.07. The van der Waals surface area contributed by atoms with Gasteiger partial charge in [0.1, 0.15) is 17.9 Å². The number of hydrogen-bond acceptors (Lipinski definition) is 3. The Morgan fingerprint density at radius 3 is 2.81 bits per heavy atom. The Morgan fingerprint density at radius 1 is 1.62 bits per heavy atom. The van der Waals surface area contributed by atoms with Crippen molar-refractivity contribution < 1.29 is 14.6 Å². The third-order valence-corrected chi connectivity index (χ3v) is 2.58. The lowest BCUT2D eigenvalue weighted by Crippen LogP contribution is -2.52. The molecule has 16 heavy (non-hydrogen) atoms. The van der Waals surface area contributed by atoms with Gasteiger partial charge in [-0.05, 0) is 32.2 Å². The lowest BCUT2D eigenvalue weighted by molar-refractivity contribution is -0.145. The van der Waals surface area contributed by atoms with Crippen LogP contribution < -0.4 is 10.1 Å². The van der Waals surface area contributed by atoms with Crippen LogP contribution in [0.5, 0.6) is 5.75 Å². The fourth-order valence-electron chi connectivity index (χ4n) is 1.03. The summed E-state index contributed by atoms with van der Waals surface area (Å²) in [5.41, 5.74) is -1.11. The number of aliphatic carboxylic acids is 1. The van der Waals surface area contributed by atoms with Gasteiger partial charge >= 0.3 is 5.97 Å². The van der Waals surface area contributed by atoms with Crippen LogP contribution in [0.25, 0.3) is 0 Å². The van der Waals surface area contributed by atoms with Crippen molar-refractivity contribution in [1.29, 1.82) is 0 Å². The van der Waals surface area contributed by atoms with Crippen LogP contribution in [0.3, 0.4) is 0 Å². The molecule has 1 aromatic rings. The highest BCUT2D eigenvalue weighted by molar-refractivity contribution is 6.30. The van der Waals surface area contributed by atoms with E-state index in [-0.39, 0.29) is 6.61 Å². The molecule has 1 atom stereocenters. The maximum absolute atomic E-state index is 11.0. The first kappa shape index (κ1) is 12.8. The first-order valence-electron chi connectivity index (χ1n) is 4.78. The zero-order chi connectivity index (χ0) is 12.2. The highest BCUT2D eigenvalue weighted by Crippen LogP contribution is 2.18. The van der Waals surface area contributed by atoms with Crippen LogP contribution in [0.4, 0.5) is 0 Å². The van der Waals surface area contributed by atoms with Crippen LogP contribution in [0.2, 0.25) is 5.02 Å². The summed E-state index contributed by atoms with van der Waals surface area (Å²) in [7, 11) is 1.58. The fraction of sp³-hybridized carbons (Fsp3) is 0.364. The lowest BCUT2D eigenvalue weighted by Gasteiger charge is -2.24. The van der Waals surface area contributed by atoms with E-state index in [1.807, 2.05) is 0 Å². The van der Waals surface area contributed by atoms with Gasteiger partial charge in [-0.2, -0.15) is 0 Å². The smallest absolute Gasteiger partial charge is 0.327 e.